The van der Waals surface area contributed by atoms with E-state index in [9.17, 15) is 18.0 Å². The molecule has 6 nitrogen and oxygen atoms in total. The minimum Gasteiger partial charge on any atom is -0.469 e. The van der Waals surface area contributed by atoms with E-state index in [0.717, 1.165) is 25.5 Å². The van der Waals surface area contributed by atoms with Crippen LogP contribution in [0.4, 0.5) is 0 Å². The van der Waals surface area contributed by atoms with Crippen molar-refractivity contribution in [3.8, 4) is 0 Å². The highest BCUT2D eigenvalue weighted by atomic mass is 35.5. The molecule has 25 heavy (non-hydrogen) atoms. The first kappa shape index (κ1) is 19.7. The van der Waals surface area contributed by atoms with Crippen LogP contribution in [0, 0.1) is 0 Å². The lowest BCUT2D eigenvalue weighted by molar-refractivity contribution is -0.142. The number of sulfone groups is 1. The Morgan fingerprint density at radius 2 is 1.88 bits per heavy atom. The summed E-state index contributed by atoms with van der Waals surface area (Å²) in [6.07, 6.45) is 5.37. The first-order valence-electron chi connectivity index (χ1n) is 8.06. The summed E-state index contributed by atoms with van der Waals surface area (Å²) < 4.78 is 28.3. The van der Waals surface area contributed by atoms with Crippen molar-refractivity contribution < 1.29 is 22.7 Å². The molecule has 1 aromatic carbocycles. The molecule has 0 bridgehead atoms. The van der Waals surface area contributed by atoms with Gasteiger partial charge in [0.05, 0.1) is 29.0 Å². The number of benzene rings is 1. The van der Waals surface area contributed by atoms with E-state index >= 15 is 0 Å². The number of rotatable bonds is 5. The van der Waals surface area contributed by atoms with E-state index in [0.29, 0.717) is 12.8 Å². The number of hydrogen-bond donors (Lipinski definition) is 1. The highest BCUT2D eigenvalue weighted by Gasteiger charge is 2.36. The van der Waals surface area contributed by atoms with E-state index in [4.69, 9.17) is 16.3 Å². The van der Waals surface area contributed by atoms with Crippen molar-refractivity contribution in [3.05, 3.63) is 28.8 Å². The van der Waals surface area contributed by atoms with Crippen LogP contribution in [0.25, 0.3) is 0 Å². The molecular weight excluding hydrogens is 366 g/mol. The molecule has 0 radical (unpaired) electrons. The molecule has 1 saturated carbocycles. The topological polar surface area (TPSA) is 89.5 Å². The smallest absolute Gasteiger partial charge is 0.307 e. The van der Waals surface area contributed by atoms with Gasteiger partial charge in [-0.3, -0.25) is 9.59 Å². The van der Waals surface area contributed by atoms with Gasteiger partial charge in [-0.05, 0) is 31.0 Å². The van der Waals surface area contributed by atoms with Gasteiger partial charge >= 0.3 is 5.97 Å². The van der Waals surface area contributed by atoms with Gasteiger partial charge in [0.15, 0.2) is 9.84 Å². The highest BCUT2D eigenvalue weighted by molar-refractivity contribution is 7.90. The quantitative estimate of drug-likeness (QED) is 0.784. The third-order valence-electron chi connectivity index (χ3n) is 4.49. The van der Waals surface area contributed by atoms with Crippen molar-refractivity contribution >= 4 is 33.3 Å². The van der Waals surface area contributed by atoms with E-state index in [1.54, 1.807) is 0 Å². The number of halogens is 1. The zero-order chi connectivity index (χ0) is 18.7. The first-order valence-corrected chi connectivity index (χ1v) is 10.3. The molecule has 1 amide bonds. The number of carbonyl (C=O) groups is 2. The van der Waals surface area contributed by atoms with E-state index in [1.165, 1.54) is 25.3 Å². The fourth-order valence-corrected chi connectivity index (χ4v) is 4.47. The molecule has 1 N–H and O–H groups in total. The van der Waals surface area contributed by atoms with Gasteiger partial charge in [-0.25, -0.2) is 8.42 Å². The molecule has 8 heteroatoms. The lowest BCUT2D eigenvalue weighted by Crippen LogP contribution is -2.51. The van der Waals surface area contributed by atoms with Gasteiger partial charge in [0.1, 0.15) is 0 Å². The molecule has 0 saturated heterocycles. The maximum absolute atomic E-state index is 12.7. The third-order valence-corrected chi connectivity index (χ3v) is 6.07. The van der Waals surface area contributed by atoms with Crippen LogP contribution >= 0.6 is 11.6 Å². The predicted octanol–water partition coefficient (Wildman–Crippen LogP) is 2.74. The Labute approximate surface area is 152 Å². The summed E-state index contributed by atoms with van der Waals surface area (Å²) in [5.41, 5.74) is -0.465. The lowest BCUT2D eigenvalue weighted by atomic mass is 9.79. The Kier molecular flexibility index (Phi) is 6.11. The zero-order valence-electron chi connectivity index (χ0n) is 14.3. The van der Waals surface area contributed by atoms with Gasteiger partial charge in [0.25, 0.3) is 5.91 Å². The summed E-state index contributed by atoms with van der Waals surface area (Å²) >= 11 is 5.92. The van der Waals surface area contributed by atoms with Crippen molar-refractivity contribution in [2.24, 2.45) is 0 Å². The van der Waals surface area contributed by atoms with Crippen LogP contribution in [0.1, 0.15) is 48.9 Å². The summed E-state index contributed by atoms with van der Waals surface area (Å²) in [5.74, 6) is -0.803. The van der Waals surface area contributed by atoms with Gasteiger partial charge in [0, 0.05) is 11.8 Å². The van der Waals surface area contributed by atoms with Gasteiger partial charge in [0.2, 0.25) is 0 Å². The second-order valence-corrected chi connectivity index (χ2v) is 8.86. The average Bonchev–Trinajstić information content (AvgIpc) is 2.54. The second-order valence-electron chi connectivity index (χ2n) is 6.47. The molecule has 0 heterocycles. The molecule has 0 aromatic heterocycles. The number of ether oxygens (including phenoxy) is 1. The van der Waals surface area contributed by atoms with E-state index in [1.807, 2.05) is 0 Å². The number of methoxy groups -OCH3 is 1. The molecule has 0 atom stereocenters. The molecule has 0 spiro atoms. The summed E-state index contributed by atoms with van der Waals surface area (Å²) in [7, 11) is -2.23. The predicted molar refractivity (Wildman–Crippen MR) is 94.5 cm³/mol. The molecule has 2 rings (SSSR count). The summed E-state index contributed by atoms with van der Waals surface area (Å²) in [4.78, 5) is 24.4. The molecule has 1 aliphatic rings. The van der Waals surface area contributed by atoms with Gasteiger partial charge in [-0.1, -0.05) is 30.9 Å². The first-order chi connectivity index (χ1) is 11.7. The van der Waals surface area contributed by atoms with Gasteiger partial charge in [-0.15, -0.1) is 0 Å². The average molecular weight is 388 g/mol. The van der Waals surface area contributed by atoms with Crippen LogP contribution in [0.5, 0.6) is 0 Å². The van der Waals surface area contributed by atoms with Crippen molar-refractivity contribution in [2.45, 2.75) is 49.0 Å². The number of amides is 1. The number of nitrogens with one attached hydrogen (secondary N) is 1. The highest BCUT2D eigenvalue weighted by Crippen LogP contribution is 2.32. The second kappa shape index (κ2) is 7.74. The Balaban J connectivity index is 2.28. The van der Waals surface area contributed by atoms with E-state index in [2.05, 4.69) is 5.32 Å². The minimum atomic E-state index is -3.55. The molecule has 0 unspecified atom stereocenters. The molecule has 1 aromatic rings. The van der Waals surface area contributed by atoms with E-state index in [-0.39, 0.29) is 27.9 Å². The summed E-state index contributed by atoms with van der Waals surface area (Å²) in [6, 6.07) is 4.13. The van der Waals surface area contributed by atoms with Crippen molar-refractivity contribution in [1.29, 1.82) is 0 Å². The standard InChI is InChI=1S/C17H22ClNO5S/c1-24-15(20)11-17(8-4-3-5-9-17)19-16(21)12-6-7-13(18)14(10-12)25(2,22)23/h6-7,10H,3-5,8-9,11H2,1-2H3,(H,19,21). The SMILES string of the molecule is COC(=O)CC1(NC(=O)c2ccc(Cl)c(S(C)(=O)=O)c2)CCCCC1. The fraction of sp³-hybridized carbons (Fsp3) is 0.529. The van der Waals surface area contributed by atoms with Crippen LogP contribution in [-0.4, -0.2) is 39.2 Å². The molecule has 1 fully saturated rings. The van der Waals surface area contributed by atoms with Crippen LogP contribution in [0.15, 0.2) is 23.1 Å². The van der Waals surface area contributed by atoms with Gasteiger partial charge in [-0.2, -0.15) is 0 Å². The van der Waals surface area contributed by atoms with Crippen molar-refractivity contribution in [2.75, 3.05) is 13.4 Å². The summed E-state index contributed by atoms with van der Waals surface area (Å²) in [6.45, 7) is 0. The normalized spacial score (nSPS) is 16.9. The monoisotopic (exact) mass is 387 g/mol. The molecule has 138 valence electrons. The van der Waals surface area contributed by atoms with Crippen molar-refractivity contribution in [1.82, 2.24) is 5.32 Å². The van der Waals surface area contributed by atoms with E-state index < -0.39 is 21.3 Å². The van der Waals surface area contributed by atoms with Crippen LogP contribution in [-0.2, 0) is 19.4 Å². The van der Waals surface area contributed by atoms with Crippen LogP contribution < -0.4 is 5.32 Å². The maximum Gasteiger partial charge on any atom is 0.307 e. The Hall–Kier alpha value is -1.60. The lowest BCUT2D eigenvalue weighted by Gasteiger charge is -2.37. The zero-order valence-corrected chi connectivity index (χ0v) is 15.9. The summed E-state index contributed by atoms with van der Waals surface area (Å²) in [5, 5.41) is 3.00. The van der Waals surface area contributed by atoms with Crippen LogP contribution in [0.2, 0.25) is 5.02 Å². The minimum absolute atomic E-state index is 0.0704. The molecule has 1 aliphatic carbocycles. The Morgan fingerprint density at radius 3 is 2.44 bits per heavy atom. The van der Waals surface area contributed by atoms with Crippen molar-refractivity contribution in [3.63, 3.8) is 0 Å². The van der Waals surface area contributed by atoms with Gasteiger partial charge < -0.3 is 10.1 Å². The Morgan fingerprint density at radius 1 is 1.24 bits per heavy atom. The third kappa shape index (κ3) is 4.95. The Bertz CT molecular complexity index is 769. The van der Waals surface area contributed by atoms with Crippen LogP contribution in [0.3, 0.4) is 0 Å². The number of hydrogen-bond acceptors (Lipinski definition) is 5. The number of esters is 1. The maximum atomic E-state index is 12.7. The molecule has 0 aliphatic heterocycles. The fourth-order valence-electron chi connectivity index (χ4n) is 3.16. The largest absolute Gasteiger partial charge is 0.469 e. The number of carbonyl (C=O) groups excluding carboxylic acids is 2. The molecular formula is C17H22ClNO5S.